The number of nitrogens with one attached hydrogen (secondary N) is 2. The number of benzene rings is 1. The van der Waals surface area contributed by atoms with Crippen molar-refractivity contribution in [2.45, 2.75) is 6.04 Å². The number of amides is 2. The van der Waals surface area contributed by atoms with E-state index < -0.39 is 12.1 Å². The molecule has 2 aromatic rings. The minimum atomic E-state index is -0.791. The first-order valence-corrected chi connectivity index (χ1v) is 10.8. The van der Waals surface area contributed by atoms with E-state index in [2.05, 4.69) is 27.2 Å². The van der Waals surface area contributed by atoms with Crippen LogP contribution in [-0.2, 0) is 9.63 Å². The van der Waals surface area contributed by atoms with E-state index in [1.54, 1.807) is 24.5 Å². The van der Waals surface area contributed by atoms with E-state index in [9.17, 15) is 9.59 Å². The third-order valence-corrected chi connectivity index (χ3v) is 5.73. The fraction of sp³-hybridized carbons (Fsp3) is 0.261. The van der Waals surface area contributed by atoms with E-state index in [4.69, 9.17) is 19.3 Å². The molecule has 3 aliphatic rings. The van der Waals surface area contributed by atoms with Crippen LogP contribution in [0.3, 0.4) is 0 Å². The molecule has 12 nitrogen and oxygen atoms in total. The van der Waals surface area contributed by atoms with E-state index in [1.165, 1.54) is 14.2 Å². The van der Waals surface area contributed by atoms with Crippen LogP contribution in [0.25, 0.3) is 5.70 Å². The Labute approximate surface area is 200 Å². The van der Waals surface area contributed by atoms with Crippen molar-refractivity contribution in [3.63, 3.8) is 0 Å². The highest BCUT2D eigenvalue weighted by atomic mass is 16.7. The lowest BCUT2D eigenvalue weighted by Gasteiger charge is -2.35. The molecule has 180 valence electrons. The Hall–Kier alpha value is -4.45. The predicted octanol–water partition coefficient (Wildman–Crippen LogP) is 1.27. The van der Waals surface area contributed by atoms with Crippen LogP contribution in [0.2, 0.25) is 0 Å². The van der Waals surface area contributed by atoms with Crippen molar-refractivity contribution in [2.75, 3.05) is 33.9 Å². The molecule has 4 heterocycles. The van der Waals surface area contributed by atoms with Gasteiger partial charge in [0, 0.05) is 35.8 Å². The van der Waals surface area contributed by atoms with E-state index in [0.29, 0.717) is 30.4 Å². The Morgan fingerprint density at radius 1 is 1.26 bits per heavy atom. The molecule has 2 amide bonds. The van der Waals surface area contributed by atoms with Gasteiger partial charge in [-0.2, -0.15) is 0 Å². The zero-order valence-corrected chi connectivity index (χ0v) is 19.1. The lowest BCUT2D eigenvalue weighted by atomic mass is 10.1. The molecule has 5 rings (SSSR count). The lowest BCUT2D eigenvalue weighted by molar-refractivity contribution is -0.202. The van der Waals surface area contributed by atoms with Gasteiger partial charge in [0.05, 0.1) is 27.3 Å². The van der Waals surface area contributed by atoms with E-state index in [-0.39, 0.29) is 24.0 Å². The molecule has 0 aliphatic carbocycles. The molecule has 1 fully saturated rings. The molecule has 12 heteroatoms. The fourth-order valence-electron chi connectivity index (χ4n) is 3.95. The Kier molecular flexibility index (Phi) is 5.79. The van der Waals surface area contributed by atoms with Crippen molar-refractivity contribution in [1.82, 2.24) is 25.6 Å². The van der Waals surface area contributed by atoms with E-state index in [1.807, 2.05) is 17.0 Å². The summed E-state index contributed by atoms with van der Waals surface area (Å²) in [6.45, 7) is 5.59. The summed E-state index contributed by atoms with van der Waals surface area (Å²) in [7, 11) is 2.85. The van der Waals surface area contributed by atoms with Crippen molar-refractivity contribution in [1.29, 1.82) is 0 Å². The van der Waals surface area contributed by atoms with Gasteiger partial charge in [-0.25, -0.2) is 14.9 Å². The largest absolute Gasteiger partial charge is 0.491 e. The van der Waals surface area contributed by atoms with Crippen LogP contribution in [0.15, 0.2) is 53.2 Å². The number of pyridine rings is 1. The predicted molar refractivity (Wildman–Crippen MR) is 126 cm³/mol. The zero-order valence-electron chi connectivity index (χ0n) is 19.1. The second-order valence-electron chi connectivity index (χ2n) is 7.80. The molecule has 2 N–H and O–H groups in total. The van der Waals surface area contributed by atoms with Gasteiger partial charge in [0.2, 0.25) is 5.96 Å². The van der Waals surface area contributed by atoms with Crippen LogP contribution in [0, 0.1) is 0 Å². The summed E-state index contributed by atoms with van der Waals surface area (Å²) in [5.74, 6) is 1.31. The van der Waals surface area contributed by atoms with E-state index in [0.717, 1.165) is 22.0 Å². The van der Waals surface area contributed by atoms with Crippen LogP contribution in [0.4, 0.5) is 10.5 Å². The number of ether oxygens (including phenoxy) is 2. The Morgan fingerprint density at radius 3 is 2.83 bits per heavy atom. The van der Waals surface area contributed by atoms with Gasteiger partial charge < -0.3 is 20.1 Å². The molecule has 0 unspecified atom stereocenters. The number of hydrogen-bond acceptors (Lipinski definition) is 10. The van der Waals surface area contributed by atoms with Crippen molar-refractivity contribution in [3.05, 3.63) is 54.4 Å². The standard InChI is InChI=1S/C23H23N7O5/c1-13(14-5-4-8-24-11-14)26-22-28-18-15(20-25-9-10-29(20)22)6-7-17(19(18)33-2)35-23(32)27-16-12-30(34-3)21(16)31/h4-8,11,16H,1,9-10,12H2,2-3H3,(H,26,28)(H,27,32)/t16-/m1/s1. The van der Waals surface area contributed by atoms with Gasteiger partial charge in [-0.15, -0.1) is 0 Å². The number of carbonyl (C=O) groups excluding carboxylic acids is 2. The number of amidine groups is 1. The normalized spacial score (nSPS) is 18.0. The molecule has 0 saturated carbocycles. The highest BCUT2D eigenvalue weighted by Crippen LogP contribution is 2.43. The molecule has 0 bridgehead atoms. The highest BCUT2D eigenvalue weighted by molar-refractivity contribution is 6.17. The summed E-state index contributed by atoms with van der Waals surface area (Å²) >= 11 is 0. The monoisotopic (exact) mass is 477 g/mol. The number of aromatic nitrogens is 1. The van der Waals surface area contributed by atoms with Gasteiger partial charge in [0.25, 0.3) is 5.91 Å². The average molecular weight is 477 g/mol. The van der Waals surface area contributed by atoms with Gasteiger partial charge in [-0.1, -0.05) is 6.58 Å². The number of β-lactam (4-membered cyclic amide) rings is 1. The number of hydroxylamine groups is 2. The number of aliphatic imine (C=N–C) groups is 2. The second kappa shape index (κ2) is 9.06. The highest BCUT2D eigenvalue weighted by Gasteiger charge is 2.39. The number of carbonyl (C=O) groups is 2. The molecule has 0 radical (unpaired) electrons. The molecule has 1 aromatic carbocycles. The van der Waals surface area contributed by atoms with Gasteiger partial charge >= 0.3 is 6.09 Å². The summed E-state index contributed by atoms with van der Waals surface area (Å²) in [4.78, 5) is 44.7. The third-order valence-electron chi connectivity index (χ3n) is 5.73. The summed E-state index contributed by atoms with van der Waals surface area (Å²) < 4.78 is 11.1. The first-order valence-electron chi connectivity index (χ1n) is 10.8. The molecule has 35 heavy (non-hydrogen) atoms. The first-order chi connectivity index (χ1) is 17.0. The number of methoxy groups -OCH3 is 1. The van der Waals surface area contributed by atoms with Crippen molar-refractivity contribution < 1.29 is 23.9 Å². The van der Waals surface area contributed by atoms with Crippen LogP contribution < -0.4 is 20.1 Å². The maximum Gasteiger partial charge on any atom is 0.413 e. The van der Waals surface area contributed by atoms with Crippen LogP contribution in [0.5, 0.6) is 11.5 Å². The van der Waals surface area contributed by atoms with Crippen molar-refractivity contribution in [3.8, 4) is 11.5 Å². The Morgan fingerprint density at radius 2 is 2.11 bits per heavy atom. The smallest absolute Gasteiger partial charge is 0.413 e. The molecule has 1 aromatic heterocycles. The van der Waals surface area contributed by atoms with Gasteiger partial charge in [-0.05, 0) is 24.3 Å². The van der Waals surface area contributed by atoms with Crippen molar-refractivity contribution in [2.24, 2.45) is 9.98 Å². The number of hydrogen-bond donors (Lipinski definition) is 2. The lowest BCUT2D eigenvalue weighted by Crippen LogP contribution is -2.63. The minimum Gasteiger partial charge on any atom is -0.491 e. The Bertz CT molecular complexity index is 1260. The first kappa shape index (κ1) is 22.3. The van der Waals surface area contributed by atoms with Gasteiger partial charge in [0.15, 0.2) is 11.5 Å². The van der Waals surface area contributed by atoms with Gasteiger partial charge in [-0.3, -0.25) is 24.5 Å². The maximum absolute atomic E-state index is 12.4. The minimum absolute atomic E-state index is 0.153. The summed E-state index contributed by atoms with van der Waals surface area (Å²) in [5, 5.41) is 6.90. The van der Waals surface area contributed by atoms with Gasteiger partial charge in [0.1, 0.15) is 17.6 Å². The molecule has 3 aliphatic heterocycles. The zero-order chi connectivity index (χ0) is 24.5. The quantitative estimate of drug-likeness (QED) is 0.595. The number of rotatable bonds is 6. The maximum atomic E-state index is 12.4. The number of fused-ring (bicyclic) bond motifs is 3. The number of guanidine groups is 1. The summed E-state index contributed by atoms with van der Waals surface area (Å²) in [6, 6.07) is 6.39. The molecular formula is C23H23N7O5. The fourth-order valence-corrected chi connectivity index (χ4v) is 3.95. The molecule has 0 spiro atoms. The second-order valence-corrected chi connectivity index (χ2v) is 7.80. The third kappa shape index (κ3) is 4.04. The Balaban J connectivity index is 1.41. The SMILES string of the molecule is C=C(NC1=Nc2c(ccc(OC(=O)N[C@@H]3CN(OC)C3=O)c2OC)C2=NCCN12)c1cccnc1. The van der Waals surface area contributed by atoms with Crippen molar-refractivity contribution >= 4 is 35.2 Å². The van der Waals surface area contributed by atoms with Crippen LogP contribution >= 0.6 is 0 Å². The number of nitrogens with zero attached hydrogens (tertiary/aromatic N) is 5. The molecular weight excluding hydrogens is 454 g/mol. The average Bonchev–Trinajstić information content (AvgIpc) is 3.37. The summed E-state index contributed by atoms with van der Waals surface area (Å²) in [6.07, 6.45) is 2.60. The summed E-state index contributed by atoms with van der Waals surface area (Å²) in [5.41, 5.74) is 2.64. The molecule has 1 atom stereocenters. The molecule has 1 saturated heterocycles. The van der Waals surface area contributed by atoms with Crippen LogP contribution in [-0.4, -0.2) is 78.6 Å². The van der Waals surface area contributed by atoms with E-state index >= 15 is 0 Å². The topological polar surface area (TPSA) is 130 Å². The van der Waals surface area contributed by atoms with Crippen LogP contribution in [0.1, 0.15) is 11.1 Å².